The summed E-state index contributed by atoms with van der Waals surface area (Å²) in [5, 5.41) is 8.58. The minimum atomic E-state index is -0.844. The van der Waals surface area contributed by atoms with E-state index >= 15 is 0 Å². The molecule has 0 atom stereocenters. The zero-order chi connectivity index (χ0) is 10.6. The molecule has 0 heterocycles. The fourth-order valence-electron chi connectivity index (χ4n) is 1.13. The Balaban J connectivity index is 2.71. The van der Waals surface area contributed by atoms with Gasteiger partial charge in [-0.2, -0.15) is 0 Å². The van der Waals surface area contributed by atoms with Crippen LogP contribution in [0.1, 0.15) is 0 Å². The Kier molecular flexibility index (Phi) is 3.34. The second-order valence-corrected chi connectivity index (χ2v) is 2.95. The SMILES string of the molecule is COc1ccc(N(C)CC(=O)O)cc1. The number of benzene rings is 1. The maximum Gasteiger partial charge on any atom is 0.323 e. The van der Waals surface area contributed by atoms with Crippen LogP contribution in [0, 0.1) is 0 Å². The Bertz CT molecular complexity index is 308. The van der Waals surface area contributed by atoms with Gasteiger partial charge in [-0.05, 0) is 24.3 Å². The number of hydrogen-bond acceptors (Lipinski definition) is 3. The molecule has 0 aromatic heterocycles. The number of aliphatic carboxylic acids is 1. The van der Waals surface area contributed by atoms with Gasteiger partial charge in [-0.3, -0.25) is 4.79 Å². The van der Waals surface area contributed by atoms with Crippen molar-refractivity contribution in [2.24, 2.45) is 0 Å². The first-order valence-electron chi connectivity index (χ1n) is 4.20. The predicted molar refractivity (Wildman–Crippen MR) is 53.9 cm³/mol. The van der Waals surface area contributed by atoms with Gasteiger partial charge in [-0.1, -0.05) is 0 Å². The molecule has 0 radical (unpaired) electrons. The smallest absolute Gasteiger partial charge is 0.323 e. The molecule has 14 heavy (non-hydrogen) atoms. The number of rotatable bonds is 4. The van der Waals surface area contributed by atoms with Crippen LogP contribution in [0.15, 0.2) is 24.3 Å². The number of nitrogens with zero attached hydrogens (tertiary/aromatic N) is 1. The van der Waals surface area contributed by atoms with Crippen molar-refractivity contribution < 1.29 is 14.6 Å². The fourth-order valence-corrected chi connectivity index (χ4v) is 1.13. The van der Waals surface area contributed by atoms with Crippen LogP contribution >= 0.6 is 0 Å². The first kappa shape index (κ1) is 10.4. The predicted octanol–water partition coefficient (Wildman–Crippen LogP) is 1.22. The van der Waals surface area contributed by atoms with Crippen LogP contribution in [0.4, 0.5) is 5.69 Å². The number of carboxylic acid groups (broad SMARTS) is 1. The molecule has 0 saturated carbocycles. The number of carbonyl (C=O) groups is 1. The van der Waals surface area contributed by atoms with Crippen molar-refractivity contribution >= 4 is 11.7 Å². The van der Waals surface area contributed by atoms with E-state index in [9.17, 15) is 4.79 Å². The third-order valence-electron chi connectivity index (χ3n) is 1.89. The van der Waals surface area contributed by atoms with Crippen molar-refractivity contribution in [2.45, 2.75) is 0 Å². The highest BCUT2D eigenvalue weighted by molar-refractivity contribution is 5.73. The molecule has 1 aromatic carbocycles. The van der Waals surface area contributed by atoms with Crippen molar-refractivity contribution in [3.63, 3.8) is 0 Å². The van der Waals surface area contributed by atoms with Gasteiger partial charge in [-0.25, -0.2) is 0 Å². The average Bonchev–Trinajstić information content (AvgIpc) is 2.17. The molecular formula is C10H13NO3. The van der Waals surface area contributed by atoms with E-state index in [-0.39, 0.29) is 6.54 Å². The van der Waals surface area contributed by atoms with Crippen LogP contribution in [-0.2, 0) is 4.79 Å². The van der Waals surface area contributed by atoms with Crippen LogP contribution in [-0.4, -0.2) is 31.8 Å². The molecular weight excluding hydrogens is 182 g/mol. The summed E-state index contributed by atoms with van der Waals surface area (Å²) < 4.78 is 5.00. The molecule has 0 unspecified atom stereocenters. The van der Waals surface area contributed by atoms with Gasteiger partial charge in [-0.15, -0.1) is 0 Å². The van der Waals surface area contributed by atoms with E-state index in [1.54, 1.807) is 31.2 Å². The highest BCUT2D eigenvalue weighted by Gasteiger charge is 2.04. The van der Waals surface area contributed by atoms with Crippen LogP contribution in [0.2, 0.25) is 0 Å². The largest absolute Gasteiger partial charge is 0.497 e. The lowest BCUT2D eigenvalue weighted by molar-refractivity contribution is -0.135. The van der Waals surface area contributed by atoms with E-state index in [0.717, 1.165) is 11.4 Å². The van der Waals surface area contributed by atoms with E-state index in [0.29, 0.717) is 0 Å². The molecule has 4 nitrogen and oxygen atoms in total. The Morgan fingerprint density at radius 3 is 2.43 bits per heavy atom. The van der Waals surface area contributed by atoms with Crippen molar-refractivity contribution in [3.8, 4) is 5.75 Å². The molecule has 0 aliphatic carbocycles. The first-order chi connectivity index (χ1) is 6.63. The highest BCUT2D eigenvalue weighted by atomic mass is 16.5. The van der Waals surface area contributed by atoms with Crippen LogP contribution in [0.5, 0.6) is 5.75 Å². The minimum Gasteiger partial charge on any atom is -0.497 e. The summed E-state index contributed by atoms with van der Waals surface area (Å²) in [4.78, 5) is 12.1. The quantitative estimate of drug-likeness (QED) is 0.784. The number of methoxy groups -OCH3 is 1. The maximum absolute atomic E-state index is 10.4. The summed E-state index contributed by atoms with van der Waals surface area (Å²) in [6.07, 6.45) is 0. The van der Waals surface area contributed by atoms with Gasteiger partial charge in [0.05, 0.1) is 7.11 Å². The minimum absolute atomic E-state index is 0.00761. The summed E-state index contributed by atoms with van der Waals surface area (Å²) in [6, 6.07) is 7.24. The van der Waals surface area contributed by atoms with Gasteiger partial charge in [0.15, 0.2) is 0 Å². The van der Waals surface area contributed by atoms with Crippen LogP contribution in [0.3, 0.4) is 0 Å². The summed E-state index contributed by atoms with van der Waals surface area (Å²) in [5.41, 5.74) is 0.855. The third kappa shape index (κ3) is 2.65. The lowest BCUT2D eigenvalue weighted by Crippen LogP contribution is -2.24. The van der Waals surface area contributed by atoms with E-state index in [4.69, 9.17) is 9.84 Å². The molecule has 0 fully saturated rings. The first-order valence-corrected chi connectivity index (χ1v) is 4.20. The number of hydrogen-bond donors (Lipinski definition) is 1. The van der Waals surface area contributed by atoms with Crippen LogP contribution < -0.4 is 9.64 Å². The van der Waals surface area contributed by atoms with Gasteiger partial charge in [0.25, 0.3) is 0 Å². The van der Waals surface area contributed by atoms with Gasteiger partial charge >= 0.3 is 5.97 Å². The molecule has 0 spiro atoms. The number of anilines is 1. The van der Waals surface area contributed by atoms with Crippen molar-refractivity contribution in [1.82, 2.24) is 0 Å². The van der Waals surface area contributed by atoms with Gasteiger partial charge < -0.3 is 14.7 Å². The standard InChI is InChI=1S/C10H13NO3/c1-11(7-10(12)13)8-3-5-9(14-2)6-4-8/h3-6H,7H2,1-2H3,(H,12,13). The van der Waals surface area contributed by atoms with Gasteiger partial charge in [0.1, 0.15) is 12.3 Å². The number of likely N-dealkylation sites (N-methyl/N-ethyl adjacent to an activating group) is 1. The molecule has 0 bridgehead atoms. The molecule has 1 rings (SSSR count). The van der Waals surface area contributed by atoms with E-state index in [1.807, 2.05) is 12.1 Å². The normalized spacial score (nSPS) is 9.57. The summed E-state index contributed by atoms with van der Waals surface area (Å²) in [6.45, 7) is -0.00761. The zero-order valence-corrected chi connectivity index (χ0v) is 8.23. The van der Waals surface area contributed by atoms with Crippen molar-refractivity contribution in [2.75, 3.05) is 25.6 Å². The molecule has 0 amide bonds. The van der Waals surface area contributed by atoms with E-state index in [1.165, 1.54) is 0 Å². The molecule has 0 aliphatic rings. The molecule has 1 aromatic rings. The molecule has 4 heteroatoms. The lowest BCUT2D eigenvalue weighted by atomic mass is 10.3. The molecule has 76 valence electrons. The second kappa shape index (κ2) is 4.50. The number of carboxylic acids is 1. The third-order valence-corrected chi connectivity index (χ3v) is 1.89. The Morgan fingerprint density at radius 1 is 1.43 bits per heavy atom. The van der Waals surface area contributed by atoms with Gasteiger partial charge in [0.2, 0.25) is 0 Å². The highest BCUT2D eigenvalue weighted by Crippen LogP contribution is 2.17. The summed E-state index contributed by atoms with van der Waals surface area (Å²) >= 11 is 0. The zero-order valence-electron chi connectivity index (χ0n) is 8.23. The fraction of sp³-hybridized carbons (Fsp3) is 0.300. The second-order valence-electron chi connectivity index (χ2n) is 2.95. The van der Waals surface area contributed by atoms with Gasteiger partial charge in [0, 0.05) is 12.7 Å². The Labute approximate surface area is 82.7 Å². The monoisotopic (exact) mass is 195 g/mol. The van der Waals surface area contributed by atoms with Crippen molar-refractivity contribution in [3.05, 3.63) is 24.3 Å². The van der Waals surface area contributed by atoms with E-state index < -0.39 is 5.97 Å². The van der Waals surface area contributed by atoms with Crippen molar-refractivity contribution in [1.29, 1.82) is 0 Å². The van der Waals surface area contributed by atoms with Crippen LogP contribution in [0.25, 0.3) is 0 Å². The number of ether oxygens (including phenoxy) is 1. The topological polar surface area (TPSA) is 49.8 Å². The van der Waals surface area contributed by atoms with E-state index in [2.05, 4.69) is 0 Å². The lowest BCUT2D eigenvalue weighted by Gasteiger charge is -2.16. The maximum atomic E-state index is 10.4. The molecule has 1 N–H and O–H groups in total. The average molecular weight is 195 g/mol. The molecule has 0 aliphatic heterocycles. The summed E-state index contributed by atoms with van der Waals surface area (Å²) in [7, 11) is 3.33. The molecule has 0 saturated heterocycles. The Morgan fingerprint density at radius 2 is 2.00 bits per heavy atom. The summed E-state index contributed by atoms with van der Waals surface area (Å²) in [5.74, 6) is -0.0826. The Hall–Kier alpha value is -1.71.